The van der Waals surface area contributed by atoms with E-state index in [0.717, 1.165) is 5.56 Å². The molecule has 0 aromatic heterocycles. The molecular formula is C23H33F. The third-order valence-corrected chi connectivity index (χ3v) is 4.21. The van der Waals surface area contributed by atoms with Gasteiger partial charge in [0.05, 0.1) is 0 Å². The molecule has 24 heavy (non-hydrogen) atoms. The van der Waals surface area contributed by atoms with E-state index in [0.29, 0.717) is 0 Å². The van der Waals surface area contributed by atoms with E-state index in [1.807, 2.05) is 12.1 Å². The van der Waals surface area contributed by atoms with E-state index in [1.54, 1.807) is 6.92 Å². The number of benzene rings is 2. The maximum atomic E-state index is 12.9. The van der Waals surface area contributed by atoms with Gasteiger partial charge in [-0.2, -0.15) is 0 Å². The molecule has 0 radical (unpaired) electrons. The zero-order valence-corrected chi connectivity index (χ0v) is 16.8. The first-order valence-corrected chi connectivity index (χ1v) is 8.67. The summed E-state index contributed by atoms with van der Waals surface area (Å²) in [6.07, 6.45) is 0. The van der Waals surface area contributed by atoms with Crippen molar-refractivity contribution in [3.63, 3.8) is 0 Å². The lowest BCUT2D eigenvalue weighted by atomic mass is 9.84. The highest BCUT2D eigenvalue weighted by Gasteiger charge is 2.15. The van der Waals surface area contributed by atoms with E-state index < -0.39 is 0 Å². The Labute approximate surface area is 148 Å². The summed E-state index contributed by atoms with van der Waals surface area (Å²) in [6, 6.07) is 12.0. The molecule has 0 aliphatic rings. The molecule has 0 amide bonds. The smallest absolute Gasteiger partial charge is 0.126 e. The number of rotatable bonds is 0. The third-order valence-electron chi connectivity index (χ3n) is 4.21. The van der Waals surface area contributed by atoms with Crippen LogP contribution < -0.4 is 0 Å². The molecule has 2 aromatic rings. The molecule has 0 saturated heterocycles. The molecule has 0 aliphatic heterocycles. The fourth-order valence-corrected chi connectivity index (χ4v) is 2.77. The summed E-state index contributed by atoms with van der Waals surface area (Å²) in [6.45, 7) is 19.3. The van der Waals surface area contributed by atoms with Crippen LogP contribution in [0.4, 0.5) is 4.39 Å². The Morgan fingerprint density at radius 1 is 0.667 bits per heavy atom. The number of halogens is 1. The van der Waals surface area contributed by atoms with Crippen LogP contribution in [-0.2, 0) is 10.8 Å². The van der Waals surface area contributed by atoms with Crippen LogP contribution in [0.2, 0.25) is 0 Å². The molecule has 2 rings (SSSR count). The van der Waals surface area contributed by atoms with E-state index >= 15 is 0 Å². The van der Waals surface area contributed by atoms with Crippen molar-refractivity contribution in [2.45, 2.75) is 73.1 Å². The quantitative estimate of drug-likeness (QED) is 0.487. The van der Waals surface area contributed by atoms with Crippen molar-refractivity contribution in [2.75, 3.05) is 0 Å². The average Bonchev–Trinajstić information content (AvgIpc) is 2.39. The third kappa shape index (κ3) is 5.78. The summed E-state index contributed by atoms with van der Waals surface area (Å²) in [5.74, 6) is -0.122. The van der Waals surface area contributed by atoms with E-state index in [-0.39, 0.29) is 16.6 Å². The predicted molar refractivity (Wildman–Crippen MR) is 104 cm³/mol. The largest absolute Gasteiger partial charge is 0.207 e. The first-order valence-electron chi connectivity index (χ1n) is 8.67. The van der Waals surface area contributed by atoms with Crippen LogP contribution in [0, 0.1) is 26.6 Å². The summed E-state index contributed by atoms with van der Waals surface area (Å²) in [7, 11) is 0. The van der Waals surface area contributed by atoms with Gasteiger partial charge in [0.15, 0.2) is 0 Å². The second-order valence-corrected chi connectivity index (χ2v) is 8.78. The van der Waals surface area contributed by atoms with Crippen LogP contribution in [0.3, 0.4) is 0 Å². The molecule has 0 atom stereocenters. The first kappa shape index (κ1) is 20.4. The molecule has 132 valence electrons. The van der Waals surface area contributed by atoms with Crippen molar-refractivity contribution >= 4 is 0 Å². The van der Waals surface area contributed by atoms with Crippen molar-refractivity contribution in [3.05, 3.63) is 70.0 Å². The van der Waals surface area contributed by atoms with Crippen molar-refractivity contribution in [3.8, 4) is 0 Å². The fraction of sp³-hybridized carbons (Fsp3) is 0.478. The minimum Gasteiger partial charge on any atom is -0.207 e. The Morgan fingerprint density at radius 3 is 1.67 bits per heavy atom. The van der Waals surface area contributed by atoms with Gasteiger partial charge in [-0.25, -0.2) is 4.39 Å². The summed E-state index contributed by atoms with van der Waals surface area (Å²) in [5.41, 5.74) is 6.50. The molecule has 0 fully saturated rings. The minimum atomic E-state index is -0.122. The van der Waals surface area contributed by atoms with Crippen LogP contribution >= 0.6 is 0 Å². The minimum absolute atomic E-state index is 0.110. The Bertz CT molecular complexity index is 682. The second kappa shape index (κ2) is 7.51. The van der Waals surface area contributed by atoms with Crippen molar-refractivity contribution < 1.29 is 4.39 Å². The second-order valence-electron chi connectivity index (χ2n) is 8.78. The van der Waals surface area contributed by atoms with Crippen LogP contribution in [0.1, 0.15) is 69.4 Å². The molecule has 1 heteroatoms. The van der Waals surface area contributed by atoms with E-state index in [4.69, 9.17) is 0 Å². The molecule has 2 aromatic carbocycles. The van der Waals surface area contributed by atoms with Crippen LogP contribution in [0.25, 0.3) is 0 Å². The standard InChI is InChI=1S/C12H18.C11H15F/c1-9-6-7-11(10(2)8-9)12(3,4)5;1-8-7-9(11(2,3)4)5-6-10(8)12/h6-8H,1-5H3;5-7H,1-4H3. The summed E-state index contributed by atoms with van der Waals surface area (Å²) < 4.78 is 12.9. The normalized spacial score (nSPS) is 11.8. The fourth-order valence-electron chi connectivity index (χ4n) is 2.77. The van der Waals surface area contributed by atoms with Gasteiger partial charge in [0.1, 0.15) is 5.82 Å². The maximum Gasteiger partial charge on any atom is 0.126 e. The lowest BCUT2D eigenvalue weighted by Gasteiger charge is -2.21. The average molecular weight is 329 g/mol. The number of aryl methyl sites for hydroxylation is 3. The van der Waals surface area contributed by atoms with E-state index in [9.17, 15) is 4.39 Å². The monoisotopic (exact) mass is 328 g/mol. The van der Waals surface area contributed by atoms with Gasteiger partial charge in [-0.3, -0.25) is 0 Å². The van der Waals surface area contributed by atoms with Crippen molar-refractivity contribution in [1.82, 2.24) is 0 Å². The molecule has 0 aliphatic carbocycles. The molecule has 0 N–H and O–H groups in total. The molecule has 0 spiro atoms. The van der Waals surface area contributed by atoms with Gasteiger partial charge in [0, 0.05) is 0 Å². The van der Waals surface area contributed by atoms with Crippen molar-refractivity contribution in [1.29, 1.82) is 0 Å². The topological polar surface area (TPSA) is 0 Å². The van der Waals surface area contributed by atoms with Gasteiger partial charge in [-0.15, -0.1) is 0 Å². The van der Waals surface area contributed by atoms with Gasteiger partial charge in [-0.05, 0) is 59.9 Å². The highest BCUT2D eigenvalue weighted by atomic mass is 19.1. The number of hydrogen-bond donors (Lipinski definition) is 0. The highest BCUT2D eigenvalue weighted by Crippen LogP contribution is 2.26. The molecular weight excluding hydrogens is 295 g/mol. The van der Waals surface area contributed by atoms with Gasteiger partial charge >= 0.3 is 0 Å². The van der Waals surface area contributed by atoms with E-state index in [1.165, 1.54) is 28.3 Å². The Morgan fingerprint density at radius 2 is 1.25 bits per heavy atom. The molecule has 0 unspecified atom stereocenters. The lowest BCUT2D eigenvalue weighted by Crippen LogP contribution is -2.12. The Hall–Kier alpha value is -1.63. The van der Waals surface area contributed by atoms with E-state index in [2.05, 4.69) is 73.6 Å². The van der Waals surface area contributed by atoms with Gasteiger partial charge in [0.25, 0.3) is 0 Å². The molecule has 0 nitrogen and oxygen atoms in total. The number of hydrogen-bond acceptors (Lipinski definition) is 0. The lowest BCUT2D eigenvalue weighted by molar-refractivity contribution is 0.579. The Kier molecular flexibility index (Phi) is 6.38. The van der Waals surface area contributed by atoms with Gasteiger partial charge < -0.3 is 0 Å². The SMILES string of the molecule is Cc1cc(C(C)(C)C)ccc1F.Cc1ccc(C(C)(C)C)c(C)c1. The van der Waals surface area contributed by atoms with Crippen molar-refractivity contribution in [2.24, 2.45) is 0 Å². The molecule has 0 saturated carbocycles. The maximum absolute atomic E-state index is 12.9. The zero-order chi connectivity index (χ0) is 18.7. The molecule has 0 heterocycles. The van der Waals surface area contributed by atoms with Gasteiger partial charge in [0.2, 0.25) is 0 Å². The Balaban J connectivity index is 0.000000240. The van der Waals surface area contributed by atoms with Crippen LogP contribution in [0.5, 0.6) is 0 Å². The summed E-state index contributed by atoms with van der Waals surface area (Å²) in [4.78, 5) is 0. The van der Waals surface area contributed by atoms with Gasteiger partial charge in [-0.1, -0.05) is 77.4 Å². The zero-order valence-electron chi connectivity index (χ0n) is 16.8. The summed E-state index contributed by atoms with van der Waals surface area (Å²) >= 11 is 0. The highest BCUT2D eigenvalue weighted by molar-refractivity contribution is 5.34. The van der Waals surface area contributed by atoms with Crippen LogP contribution in [-0.4, -0.2) is 0 Å². The predicted octanol–water partition coefficient (Wildman–Crippen LogP) is 7.03. The first-order chi connectivity index (χ1) is 10.8. The molecule has 0 bridgehead atoms. The van der Waals surface area contributed by atoms with Crippen LogP contribution in [0.15, 0.2) is 36.4 Å². The summed E-state index contributed by atoms with van der Waals surface area (Å²) in [5, 5.41) is 0.